The summed E-state index contributed by atoms with van der Waals surface area (Å²) in [6.45, 7) is 5.45. The Bertz CT molecular complexity index is 467. The fraction of sp³-hybridized carbons (Fsp3) is 0.214. The van der Waals surface area contributed by atoms with Crippen molar-refractivity contribution in [3.8, 4) is 12.3 Å². The Morgan fingerprint density at radius 2 is 2.19 bits per heavy atom. The molecule has 0 unspecified atom stereocenters. The summed E-state index contributed by atoms with van der Waals surface area (Å²) in [4.78, 5) is 3.99. The van der Waals surface area contributed by atoms with Gasteiger partial charge in [0.2, 0.25) is 0 Å². The predicted octanol–water partition coefficient (Wildman–Crippen LogP) is 3.89. The van der Waals surface area contributed by atoms with Crippen LogP contribution in [-0.4, -0.2) is 6.21 Å². The molecule has 16 heavy (non-hydrogen) atoms. The lowest BCUT2D eigenvalue weighted by molar-refractivity contribution is 0.628. The zero-order chi connectivity index (χ0) is 12.1. The second kappa shape index (κ2) is 5.27. The van der Waals surface area contributed by atoms with Crippen molar-refractivity contribution in [2.45, 2.75) is 20.8 Å². The molecule has 1 aromatic carbocycles. The lowest BCUT2D eigenvalue weighted by Gasteiger charge is -2.06. The van der Waals surface area contributed by atoms with Gasteiger partial charge in [0.1, 0.15) is 11.5 Å². The average molecular weight is 215 g/mol. The SMILES string of the molecule is C#C/C=C(\C)c1cc(C)c(N=CC)c(F)c1. The van der Waals surface area contributed by atoms with Gasteiger partial charge in [0.15, 0.2) is 0 Å². The Morgan fingerprint density at radius 3 is 2.69 bits per heavy atom. The number of benzene rings is 1. The van der Waals surface area contributed by atoms with Crippen LogP contribution in [0.5, 0.6) is 0 Å². The highest BCUT2D eigenvalue weighted by Gasteiger charge is 2.07. The van der Waals surface area contributed by atoms with E-state index in [-0.39, 0.29) is 5.82 Å². The van der Waals surface area contributed by atoms with Gasteiger partial charge in [0.25, 0.3) is 0 Å². The topological polar surface area (TPSA) is 12.4 Å². The van der Waals surface area contributed by atoms with E-state index in [2.05, 4.69) is 10.9 Å². The molecule has 1 nitrogen and oxygen atoms in total. The summed E-state index contributed by atoms with van der Waals surface area (Å²) in [7, 11) is 0. The van der Waals surface area contributed by atoms with E-state index in [4.69, 9.17) is 6.42 Å². The zero-order valence-electron chi connectivity index (χ0n) is 9.71. The maximum absolute atomic E-state index is 13.7. The largest absolute Gasteiger partial charge is 0.258 e. The molecule has 0 heterocycles. The molecule has 1 aromatic rings. The van der Waals surface area contributed by atoms with Crippen LogP contribution in [0.3, 0.4) is 0 Å². The van der Waals surface area contributed by atoms with Crippen molar-refractivity contribution >= 4 is 17.5 Å². The van der Waals surface area contributed by atoms with E-state index in [1.807, 2.05) is 19.9 Å². The molecule has 0 saturated carbocycles. The van der Waals surface area contributed by atoms with Crippen molar-refractivity contribution in [1.82, 2.24) is 0 Å². The van der Waals surface area contributed by atoms with Gasteiger partial charge in [-0.3, -0.25) is 4.99 Å². The third-order valence-electron chi connectivity index (χ3n) is 2.27. The van der Waals surface area contributed by atoms with E-state index >= 15 is 0 Å². The van der Waals surface area contributed by atoms with Crippen LogP contribution in [0.2, 0.25) is 0 Å². The predicted molar refractivity (Wildman–Crippen MR) is 67.4 cm³/mol. The van der Waals surface area contributed by atoms with Gasteiger partial charge in [-0.1, -0.05) is 5.92 Å². The Hall–Kier alpha value is -1.88. The van der Waals surface area contributed by atoms with Crippen molar-refractivity contribution in [1.29, 1.82) is 0 Å². The first-order chi connectivity index (χ1) is 7.60. The number of allylic oxidation sites excluding steroid dienone is 2. The summed E-state index contributed by atoms with van der Waals surface area (Å²) in [5.41, 5.74) is 2.86. The Labute approximate surface area is 95.7 Å². The molecule has 82 valence electrons. The van der Waals surface area contributed by atoms with E-state index in [1.165, 1.54) is 6.07 Å². The minimum absolute atomic E-state index is 0.321. The molecular weight excluding hydrogens is 201 g/mol. The van der Waals surface area contributed by atoms with Crippen LogP contribution in [0.15, 0.2) is 23.2 Å². The number of aliphatic imine (C=N–C) groups is 1. The molecule has 0 fully saturated rings. The molecule has 0 radical (unpaired) electrons. The molecule has 2 heteroatoms. The van der Waals surface area contributed by atoms with E-state index in [9.17, 15) is 4.39 Å². The third kappa shape index (κ3) is 2.58. The van der Waals surface area contributed by atoms with Crippen molar-refractivity contribution in [3.63, 3.8) is 0 Å². The smallest absolute Gasteiger partial charge is 0.149 e. The van der Waals surface area contributed by atoms with Crippen LogP contribution in [0.25, 0.3) is 5.57 Å². The number of terminal acetylenes is 1. The molecule has 0 N–H and O–H groups in total. The Morgan fingerprint density at radius 1 is 1.50 bits per heavy atom. The highest BCUT2D eigenvalue weighted by Crippen LogP contribution is 2.27. The van der Waals surface area contributed by atoms with Crippen molar-refractivity contribution in [2.75, 3.05) is 0 Å². The summed E-state index contributed by atoms with van der Waals surface area (Å²) in [6, 6.07) is 3.34. The van der Waals surface area contributed by atoms with Crippen molar-refractivity contribution in [2.24, 2.45) is 4.99 Å². The van der Waals surface area contributed by atoms with E-state index in [1.54, 1.807) is 19.2 Å². The molecule has 0 aliphatic carbocycles. The van der Waals surface area contributed by atoms with Gasteiger partial charge in [-0.2, -0.15) is 0 Å². The molecule has 0 atom stereocenters. The Balaban J connectivity index is 3.31. The number of halogens is 1. The van der Waals surface area contributed by atoms with Gasteiger partial charge in [-0.25, -0.2) is 4.39 Å². The number of hydrogen-bond donors (Lipinski definition) is 0. The molecule has 0 amide bonds. The molecule has 0 saturated heterocycles. The van der Waals surface area contributed by atoms with Crippen LogP contribution < -0.4 is 0 Å². The minimum atomic E-state index is -0.321. The Kier molecular flexibility index (Phi) is 4.02. The first kappa shape index (κ1) is 12.2. The molecule has 0 spiro atoms. The van der Waals surface area contributed by atoms with E-state index < -0.39 is 0 Å². The van der Waals surface area contributed by atoms with Gasteiger partial charge in [-0.15, -0.1) is 6.42 Å². The number of hydrogen-bond acceptors (Lipinski definition) is 1. The second-order valence-electron chi connectivity index (χ2n) is 3.50. The third-order valence-corrected chi connectivity index (χ3v) is 2.27. The van der Waals surface area contributed by atoms with Crippen LogP contribution in [0.1, 0.15) is 25.0 Å². The summed E-state index contributed by atoms with van der Waals surface area (Å²) in [5, 5.41) is 0. The fourth-order valence-electron chi connectivity index (χ4n) is 1.47. The van der Waals surface area contributed by atoms with Gasteiger partial charge in [0, 0.05) is 6.21 Å². The summed E-state index contributed by atoms with van der Waals surface area (Å²) in [5.74, 6) is 2.11. The van der Waals surface area contributed by atoms with Crippen molar-refractivity contribution in [3.05, 3.63) is 35.2 Å². The first-order valence-corrected chi connectivity index (χ1v) is 5.02. The van der Waals surface area contributed by atoms with E-state index in [0.717, 1.165) is 16.7 Å². The molecule has 0 aliphatic rings. The van der Waals surface area contributed by atoms with Crippen LogP contribution >= 0.6 is 0 Å². The van der Waals surface area contributed by atoms with Crippen LogP contribution in [0, 0.1) is 25.1 Å². The molecular formula is C14H14FN. The highest BCUT2D eigenvalue weighted by atomic mass is 19.1. The maximum Gasteiger partial charge on any atom is 0.149 e. The number of nitrogens with zero attached hydrogens (tertiary/aromatic N) is 1. The van der Waals surface area contributed by atoms with E-state index in [0.29, 0.717) is 5.69 Å². The van der Waals surface area contributed by atoms with Crippen LogP contribution in [0.4, 0.5) is 10.1 Å². The standard InChI is InChI=1S/C14H14FN/c1-5-7-10(3)12-8-11(4)14(16-6-2)13(15)9-12/h1,6-9H,2-4H3/b10-7+,16-6?. The fourth-order valence-corrected chi connectivity index (χ4v) is 1.47. The number of aryl methyl sites for hydroxylation is 1. The first-order valence-electron chi connectivity index (χ1n) is 5.02. The normalized spacial score (nSPS) is 11.8. The average Bonchev–Trinajstić information content (AvgIpc) is 2.23. The molecule has 0 aliphatic heterocycles. The van der Waals surface area contributed by atoms with Gasteiger partial charge in [-0.05, 0) is 55.7 Å². The second-order valence-corrected chi connectivity index (χ2v) is 3.50. The van der Waals surface area contributed by atoms with Gasteiger partial charge >= 0.3 is 0 Å². The summed E-state index contributed by atoms with van der Waals surface area (Å²) >= 11 is 0. The van der Waals surface area contributed by atoms with Gasteiger partial charge < -0.3 is 0 Å². The maximum atomic E-state index is 13.7. The van der Waals surface area contributed by atoms with Crippen LogP contribution in [-0.2, 0) is 0 Å². The summed E-state index contributed by atoms with van der Waals surface area (Å²) < 4.78 is 13.7. The zero-order valence-corrected chi connectivity index (χ0v) is 9.71. The summed E-state index contributed by atoms with van der Waals surface area (Å²) in [6.07, 6.45) is 8.38. The molecule has 1 rings (SSSR count). The highest BCUT2D eigenvalue weighted by molar-refractivity contribution is 5.70. The quantitative estimate of drug-likeness (QED) is 0.524. The molecule has 0 bridgehead atoms. The lowest BCUT2D eigenvalue weighted by Crippen LogP contribution is -1.87. The van der Waals surface area contributed by atoms with Crippen molar-refractivity contribution < 1.29 is 4.39 Å². The monoisotopic (exact) mass is 215 g/mol. The minimum Gasteiger partial charge on any atom is -0.258 e. The lowest BCUT2D eigenvalue weighted by atomic mass is 10.0. The molecule has 0 aromatic heterocycles. The van der Waals surface area contributed by atoms with Gasteiger partial charge in [0.05, 0.1) is 0 Å². The number of rotatable bonds is 2.